The average Bonchev–Trinajstić information content (AvgIpc) is 2.46. The van der Waals surface area contributed by atoms with E-state index in [1.165, 1.54) is 0 Å². The van der Waals surface area contributed by atoms with Crippen molar-refractivity contribution in [3.8, 4) is 0 Å². The lowest BCUT2D eigenvalue weighted by atomic mass is 11.0. The molecule has 0 heterocycles. The first-order chi connectivity index (χ1) is 8.49. The third kappa shape index (κ3) is 16.8. The summed E-state index contributed by atoms with van der Waals surface area (Å²) in [4.78, 5) is 0. The molecule has 0 radical (unpaired) electrons. The highest BCUT2D eigenvalue weighted by atomic mass is 32.1. The summed E-state index contributed by atoms with van der Waals surface area (Å²) < 4.78 is 30.5. The molecular formula is C10H39NO6S4Si2. The molecule has 0 aromatic heterocycles. The van der Waals surface area contributed by atoms with E-state index >= 15 is 0 Å². The zero-order valence-corrected chi connectivity index (χ0v) is 21.6. The van der Waals surface area contributed by atoms with Gasteiger partial charge in [0, 0.05) is 54.7 Å². The Hall–Kier alpha value is 1.55. The molecule has 0 amide bonds. The molecule has 0 spiro atoms. The topological polar surface area (TPSA) is 90.4 Å². The molecule has 3 N–H and O–H groups in total. The van der Waals surface area contributed by atoms with Gasteiger partial charge in [0.25, 0.3) is 0 Å². The summed E-state index contributed by atoms with van der Waals surface area (Å²) in [5.74, 6) is 0. The van der Waals surface area contributed by atoms with Crippen LogP contribution in [0.2, 0.25) is 12.1 Å². The Balaban J connectivity index is -0.0000000366. The van der Waals surface area contributed by atoms with E-state index in [0.717, 1.165) is 12.1 Å². The maximum atomic E-state index is 5.08. The van der Waals surface area contributed by atoms with E-state index in [2.05, 4.69) is 0 Å². The van der Waals surface area contributed by atoms with Gasteiger partial charge < -0.3 is 32.7 Å². The van der Waals surface area contributed by atoms with Crippen molar-refractivity contribution in [2.75, 3.05) is 42.7 Å². The summed E-state index contributed by atoms with van der Waals surface area (Å²) in [6.45, 7) is 3.98. The fraction of sp³-hybridized carbons (Fsp3) is 1.00. The molecule has 0 bridgehead atoms. The van der Waals surface area contributed by atoms with Crippen LogP contribution in [-0.4, -0.2) is 60.3 Å². The van der Waals surface area contributed by atoms with Crippen molar-refractivity contribution in [1.29, 1.82) is 0 Å². The predicted molar refractivity (Wildman–Crippen MR) is 121 cm³/mol. The molecule has 0 saturated carbocycles. The Kier molecular flexibility index (Phi) is 49.6. The van der Waals surface area contributed by atoms with Crippen LogP contribution < -0.4 is 6.15 Å². The van der Waals surface area contributed by atoms with Crippen molar-refractivity contribution >= 4 is 71.6 Å². The van der Waals surface area contributed by atoms with Gasteiger partial charge in [-0.15, -0.1) is 0 Å². The molecule has 0 unspecified atom stereocenters. The highest BCUT2D eigenvalue weighted by Crippen LogP contribution is 2.10. The maximum Gasteiger partial charge on any atom is 0.499 e. The highest BCUT2D eigenvalue weighted by molar-refractivity contribution is 7.59. The zero-order chi connectivity index (χ0) is 14.7. The zero-order valence-electron chi connectivity index (χ0n) is 15.6. The van der Waals surface area contributed by atoms with Crippen molar-refractivity contribution in [2.45, 2.75) is 25.9 Å². The van der Waals surface area contributed by atoms with Crippen LogP contribution in [0.15, 0.2) is 0 Å². The minimum atomic E-state index is -2.19. The molecule has 0 aliphatic heterocycles. The molecule has 0 fully saturated rings. The maximum absolute atomic E-state index is 5.08. The van der Waals surface area contributed by atoms with Crippen molar-refractivity contribution in [3.05, 3.63) is 0 Å². The quantitative estimate of drug-likeness (QED) is 0.564. The molecule has 0 rings (SSSR count). The molecule has 0 saturated heterocycles. The van der Waals surface area contributed by atoms with Crippen molar-refractivity contribution in [2.24, 2.45) is 0 Å². The van der Waals surface area contributed by atoms with Crippen LogP contribution in [0.5, 0.6) is 0 Å². The van der Waals surface area contributed by atoms with Crippen molar-refractivity contribution < 1.29 is 26.6 Å². The van der Waals surface area contributed by atoms with E-state index in [0.29, 0.717) is 0 Å². The van der Waals surface area contributed by atoms with Gasteiger partial charge in [-0.1, -0.05) is 13.8 Å². The van der Waals surface area contributed by atoms with Gasteiger partial charge in [-0.2, -0.15) is 54.0 Å². The van der Waals surface area contributed by atoms with Crippen molar-refractivity contribution in [3.63, 3.8) is 0 Å². The molecule has 0 aliphatic carbocycles. The number of rotatable bonds is 8. The minimum absolute atomic E-state index is 0. The Labute approximate surface area is 172 Å². The third-order valence-corrected chi connectivity index (χ3v) is 8.20. The molecule has 13 heteroatoms. The summed E-state index contributed by atoms with van der Waals surface area (Å²) in [6.07, 6.45) is 0. The number of hydrogen-bond donors (Lipinski definition) is 1. The van der Waals surface area contributed by atoms with Crippen LogP contribution in [0, 0.1) is 0 Å². The summed E-state index contributed by atoms with van der Waals surface area (Å²) in [7, 11) is 5.30. The van der Waals surface area contributed by atoms with Crippen LogP contribution in [0.25, 0.3) is 0 Å². The fourth-order valence-corrected chi connectivity index (χ4v) is 4.10. The average molecular weight is 454 g/mol. The lowest BCUT2D eigenvalue weighted by molar-refractivity contribution is 0.124. The summed E-state index contributed by atoms with van der Waals surface area (Å²) >= 11 is 0. The van der Waals surface area contributed by atoms with Gasteiger partial charge in [0.05, 0.1) is 0 Å². The highest BCUT2D eigenvalue weighted by Gasteiger charge is 2.35. The molecule has 0 aromatic rings. The normalized spacial score (nSPS) is 9.39. The Morgan fingerprint density at radius 1 is 0.478 bits per heavy atom. The first-order valence-electron chi connectivity index (χ1n) is 5.80. The summed E-state index contributed by atoms with van der Waals surface area (Å²) in [5.41, 5.74) is 0. The summed E-state index contributed by atoms with van der Waals surface area (Å²) in [6, 6.07) is 1.63. The minimum Gasteiger partial charge on any atom is -0.377 e. The van der Waals surface area contributed by atoms with Crippen LogP contribution in [0.4, 0.5) is 0 Å². The van der Waals surface area contributed by atoms with E-state index in [9.17, 15) is 0 Å². The smallest absolute Gasteiger partial charge is 0.377 e. The van der Waals surface area contributed by atoms with E-state index in [-0.39, 0.29) is 60.1 Å². The summed E-state index contributed by atoms with van der Waals surface area (Å²) in [5, 5.41) is 0. The molecule has 152 valence electrons. The van der Waals surface area contributed by atoms with Gasteiger partial charge in [0.15, 0.2) is 0 Å². The molecule has 0 atom stereocenters. The first kappa shape index (κ1) is 44.2. The second kappa shape index (κ2) is 25.8. The largest absolute Gasteiger partial charge is 0.499 e. The van der Waals surface area contributed by atoms with Crippen LogP contribution in [0.3, 0.4) is 0 Å². The lowest BCUT2D eigenvalue weighted by Crippen LogP contribution is -2.41. The van der Waals surface area contributed by atoms with Crippen LogP contribution in [-0.2, 0) is 26.6 Å². The molecular weight excluding hydrogens is 415 g/mol. The number of hydrogen-bond acceptors (Lipinski definition) is 7. The van der Waals surface area contributed by atoms with Crippen molar-refractivity contribution in [1.82, 2.24) is 6.15 Å². The van der Waals surface area contributed by atoms with E-state index < -0.39 is 17.6 Å². The second-order valence-electron chi connectivity index (χ2n) is 3.30. The Bertz CT molecular complexity index is 151. The van der Waals surface area contributed by atoms with E-state index in [4.69, 9.17) is 26.6 Å². The predicted octanol–water partition coefficient (Wildman–Crippen LogP) is 2.38. The van der Waals surface area contributed by atoms with Gasteiger partial charge in [-0.3, -0.25) is 0 Å². The Morgan fingerprint density at radius 3 is 0.609 bits per heavy atom. The van der Waals surface area contributed by atoms with Gasteiger partial charge in [0.2, 0.25) is 0 Å². The first-order valence-corrected chi connectivity index (χ1v) is 9.66. The fourth-order valence-electron chi connectivity index (χ4n) is 1.37. The molecule has 0 aliphatic rings. The van der Waals surface area contributed by atoms with E-state index in [1.807, 2.05) is 13.8 Å². The van der Waals surface area contributed by atoms with Crippen LogP contribution >= 0.6 is 54.0 Å². The molecule has 23 heavy (non-hydrogen) atoms. The third-order valence-electron chi connectivity index (χ3n) is 2.73. The monoisotopic (exact) mass is 453 g/mol. The van der Waals surface area contributed by atoms with Gasteiger partial charge >= 0.3 is 17.6 Å². The van der Waals surface area contributed by atoms with Gasteiger partial charge in [-0.25, -0.2) is 0 Å². The lowest BCUT2D eigenvalue weighted by Gasteiger charge is -2.22. The van der Waals surface area contributed by atoms with Gasteiger partial charge in [-0.05, 0) is 0 Å². The second-order valence-corrected chi connectivity index (χ2v) is 9.89. The standard InChI is InChI=1S/2C5H14O3Si.H3N.4H2S/c2*1-5-9(6-2,7-3)8-4;;;;;/h2*5H2,1-4H3;1H3;4*1H2. The van der Waals surface area contributed by atoms with E-state index in [1.54, 1.807) is 42.7 Å². The van der Waals surface area contributed by atoms with Crippen LogP contribution in [0.1, 0.15) is 13.8 Å². The SMILES string of the molecule is CC[Si](OC)(OC)OC.CC[Si](OC)(OC)OC.N.S.S.S.S. The van der Waals surface area contributed by atoms with Gasteiger partial charge in [0.1, 0.15) is 0 Å². The molecule has 0 aromatic carbocycles. The molecule has 7 nitrogen and oxygen atoms in total. The Morgan fingerprint density at radius 2 is 0.609 bits per heavy atom.